The van der Waals surface area contributed by atoms with Crippen LogP contribution in [-0.4, -0.2) is 22.5 Å². The number of hydrogen-bond donors (Lipinski definition) is 2. The number of aliphatic hydroxyl groups is 1. The average molecular weight is 338 g/mol. The van der Waals surface area contributed by atoms with Crippen LogP contribution in [0.15, 0.2) is 40.8 Å². The second kappa shape index (κ2) is 6.33. The van der Waals surface area contributed by atoms with Crippen molar-refractivity contribution in [3.8, 4) is 0 Å². The number of nitrogens with zero attached hydrogens (tertiary/aromatic N) is 1. The van der Waals surface area contributed by atoms with Crippen LogP contribution in [0.1, 0.15) is 40.1 Å². The van der Waals surface area contributed by atoms with E-state index in [0.717, 1.165) is 16.5 Å². The summed E-state index contributed by atoms with van der Waals surface area (Å²) >= 11 is 0. The third-order valence-corrected chi connectivity index (χ3v) is 4.27. The smallest absolute Gasteiger partial charge is 0.253 e. The molecule has 1 unspecified atom stereocenters. The van der Waals surface area contributed by atoms with Crippen LogP contribution < -0.4 is 5.32 Å². The molecule has 0 aliphatic carbocycles. The molecule has 1 amide bonds. The molecule has 0 fully saturated rings. The molecule has 130 valence electrons. The Morgan fingerprint density at radius 1 is 1.20 bits per heavy atom. The first kappa shape index (κ1) is 17.2. The van der Waals surface area contributed by atoms with Crippen molar-refractivity contribution in [3.63, 3.8) is 0 Å². The third-order valence-electron chi connectivity index (χ3n) is 4.27. The molecule has 0 bridgehead atoms. The van der Waals surface area contributed by atoms with Gasteiger partial charge in [-0.25, -0.2) is 0 Å². The largest absolute Gasteiger partial charge is 0.463 e. The number of furan rings is 1. The van der Waals surface area contributed by atoms with Crippen LogP contribution in [0.4, 0.5) is 0 Å². The van der Waals surface area contributed by atoms with Gasteiger partial charge in [-0.2, -0.15) is 0 Å². The van der Waals surface area contributed by atoms with Crippen molar-refractivity contribution in [2.45, 2.75) is 33.3 Å². The quantitative estimate of drug-likeness (QED) is 0.764. The lowest BCUT2D eigenvalue weighted by Crippen LogP contribution is -2.38. The van der Waals surface area contributed by atoms with E-state index in [1.807, 2.05) is 45.0 Å². The number of pyridine rings is 1. The van der Waals surface area contributed by atoms with Crippen LogP contribution in [0, 0.1) is 20.8 Å². The Hall–Kier alpha value is -2.66. The number of carbonyl (C=O) groups excluding carboxylic acids is 1. The van der Waals surface area contributed by atoms with Crippen LogP contribution in [-0.2, 0) is 5.60 Å². The molecule has 3 aromatic rings. The van der Waals surface area contributed by atoms with Crippen molar-refractivity contribution in [1.29, 1.82) is 0 Å². The summed E-state index contributed by atoms with van der Waals surface area (Å²) in [6.45, 7) is 7.29. The van der Waals surface area contributed by atoms with Gasteiger partial charge in [0.1, 0.15) is 17.1 Å². The number of hydrogen-bond acceptors (Lipinski definition) is 4. The van der Waals surface area contributed by atoms with Gasteiger partial charge < -0.3 is 14.8 Å². The second-order valence-electron chi connectivity index (χ2n) is 6.68. The Kier molecular flexibility index (Phi) is 4.35. The van der Waals surface area contributed by atoms with Crippen LogP contribution in [0.5, 0.6) is 0 Å². The van der Waals surface area contributed by atoms with Crippen molar-refractivity contribution >= 4 is 16.8 Å². The van der Waals surface area contributed by atoms with Crippen molar-refractivity contribution in [2.75, 3.05) is 6.54 Å². The topological polar surface area (TPSA) is 75.4 Å². The number of rotatable bonds is 4. The van der Waals surface area contributed by atoms with Crippen LogP contribution in [0.25, 0.3) is 10.9 Å². The summed E-state index contributed by atoms with van der Waals surface area (Å²) in [6, 6.07) is 11.3. The first-order chi connectivity index (χ1) is 11.8. The van der Waals surface area contributed by atoms with Crippen LogP contribution in [0.2, 0.25) is 0 Å². The predicted molar refractivity (Wildman–Crippen MR) is 96.6 cm³/mol. The number of carbonyl (C=O) groups is 1. The maximum Gasteiger partial charge on any atom is 0.253 e. The van der Waals surface area contributed by atoms with Gasteiger partial charge in [0.05, 0.1) is 23.3 Å². The monoisotopic (exact) mass is 338 g/mol. The van der Waals surface area contributed by atoms with Gasteiger partial charge in [0.2, 0.25) is 0 Å². The molecule has 0 radical (unpaired) electrons. The molecular formula is C20H22N2O3. The molecule has 2 heterocycles. The lowest BCUT2D eigenvalue weighted by atomic mass is 10.0. The van der Waals surface area contributed by atoms with E-state index >= 15 is 0 Å². The fraction of sp³-hybridized carbons (Fsp3) is 0.300. The molecule has 2 aromatic heterocycles. The number of nitrogens with one attached hydrogen (secondary N) is 1. The summed E-state index contributed by atoms with van der Waals surface area (Å²) in [6.07, 6.45) is 0. The van der Waals surface area contributed by atoms with E-state index in [-0.39, 0.29) is 12.5 Å². The first-order valence-corrected chi connectivity index (χ1v) is 8.22. The van der Waals surface area contributed by atoms with Crippen molar-refractivity contribution in [2.24, 2.45) is 0 Å². The van der Waals surface area contributed by atoms with Gasteiger partial charge in [-0.3, -0.25) is 9.78 Å². The predicted octanol–water partition coefficient (Wildman–Crippen LogP) is 3.39. The summed E-state index contributed by atoms with van der Waals surface area (Å²) in [5.74, 6) is 0.872. The lowest BCUT2D eigenvalue weighted by Gasteiger charge is -2.21. The fourth-order valence-electron chi connectivity index (χ4n) is 2.76. The zero-order valence-electron chi connectivity index (χ0n) is 14.9. The highest BCUT2D eigenvalue weighted by molar-refractivity contribution is 5.98. The maximum atomic E-state index is 12.6. The van der Waals surface area contributed by atoms with Gasteiger partial charge in [0.15, 0.2) is 0 Å². The van der Waals surface area contributed by atoms with E-state index in [2.05, 4.69) is 10.3 Å². The Bertz CT molecular complexity index is 941. The molecule has 1 aromatic carbocycles. The van der Waals surface area contributed by atoms with E-state index in [9.17, 15) is 9.90 Å². The normalized spacial score (nSPS) is 13.6. The minimum Gasteiger partial charge on any atom is -0.463 e. The Balaban J connectivity index is 1.80. The van der Waals surface area contributed by atoms with Gasteiger partial charge in [-0.15, -0.1) is 0 Å². The first-order valence-electron chi connectivity index (χ1n) is 8.22. The minimum absolute atomic E-state index is 0.0458. The standard InChI is InChI=1S/C20H22N2O3/c1-12-5-7-15-10-16(14(3)22-17(15)9-12)19(23)21-11-20(4,24)18-8-6-13(2)25-18/h5-10,24H,11H2,1-4H3,(H,21,23). The van der Waals surface area contributed by atoms with Crippen molar-refractivity contribution < 1.29 is 14.3 Å². The van der Waals surface area contributed by atoms with Gasteiger partial charge in [-0.1, -0.05) is 12.1 Å². The summed E-state index contributed by atoms with van der Waals surface area (Å²) in [5, 5.41) is 14.2. The average Bonchev–Trinajstić information content (AvgIpc) is 2.99. The second-order valence-corrected chi connectivity index (χ2v) is 6.68. The summed E-state index contributed by atoms with van der Waals surface area (Å²) in [5.41, 5.74) is 1.87. The van der Waals surface area contributed by atoms with E-state index < -0.39 is 5.60 Å². The summed E-state index contributed by atoms with van der Waals surface area (Å²) in [4.78, 5) is 17.1. The Labute approximate surface area is 146 Å². The molecule has 5 nitrogen and oxygen atoms in total. The molecule has 1 atom stereocenters. The molecule has 5 heteroatoms. The fourth-order valence-corrected chi connectivity index (χ4v) is 2.76. The van der Waals surface area contributed by atoms with Gasteiger partial charge >= 0.3 is 0 Å². The number of fused-ring (bicyclic) bond motifs is 1. The van der Waals surface area contributed by atoms with Crippen LogP contribution >= 0.6 is 0 Å². The molecule has 2 N–H and O–H groups in total. The summed E-state index contributed by atoms with van der Waals surface area (Å²) in [7, 11) is 0. The van der Waals surface area contributed by atoms with Gasteiger partial charge in [-0.05, 0) is 57.5 Å². The van der Waals surface area contributed by atoms with Gasteiger partial charge in [0, 0.05) is 5.39 Å². The summed E-state index contributed by atoms with van der Waals surface area (Å²) < 4.78 is 5.47. The minimum atomic E-state index is -1.28. The highest BCUT2D eigenvalue weighted by Crippen LogP contribution is 2.23. The molecule has 0 saturated heterocycles. The Morgan fingerprint density at radius 3 is 2.64 bits per heavy atom. The number of aryl methyl sites for hydroxylation is 3. The molecular weight excluding hydrogens is 316 g/mol. The van der Waals surface area contributed by atoms with Crippen molar-refractivity contribution in [1.82, 2.24) is 10.3 Å². The number of benzene rings is 1. The highest BCUT2D eigenvalue weighted by atomic mass is 16.4. The highest BCUT2D eigenvalue weighted by Gasteiger charge is 2.28. The van der Waals surface area contributed by atoms with E-state index in [0.29, 0.717) is 22.8 Å². The zero-order chi connectivity index (χ0) is 18.2. The van der Waals surface area contributed by atoms with E-state index in [1.54, 1.807) is 19.1 Å². The van der Waals surface area contributed by atoms with E-state index in [1.165, 1.54) is 0 Å². The van der Waals surface area contributed by atoms with Gasteiger partial charge in [0.25, 0.3) is 5.91 Å². The Morgan fingerprint density at radius 2 is 1.96 bits per heavy atom. The molecule has 25 heavy (non-hydrogen) atoms. The molecule has 0 saturated carbocycles. The molecule has 0 aliphatic heterocycles. The molecule has 3 rings (SSSR count). The van der Waals surface area contributed by atoms with Crippen molar-refractivity contribution in [3.05, 3.63) is 64.7 Å². The number of aromatic nitrogens is 1. The molecule has 0 aliphatic rings. The number of amides is 1. The van der Waals surface area contributed by atoms with Crippen LogP contribution in [0.3, 0.4) is 0 Å². The molecule has 0 spiro atoms. The lowest BCUT2D eigenvalue weighted by molar-refractivity contribution is 0.0323. The maximum absolute atomic E-state index is 12.6. The zero-order valence-corrected chi connectivity index (χ0v) is 14.9. The third kappa shape index (κ3) is 3.56. The van der Waals surface area contributed by atoms with E-state index in [4.69, 9.17) is 4.42 Å². The SMILES string of the molecule is Cc1ccc2cc(C(=O)NCC(C)(O)c3ccc(C)o3)c(C)nc2c1.